The third-order valence-corrected chi connectivity index (χ3v) is 2.58. The summed E-state index contributed by atoms with van der Waals surface area (Å²) >= 11 is 0. The Bertz CT molecular complexity index is 580. The number of aromatic nitrogens is 1. The number of anilines is 1. The Hall–Kier alpha value is -2.77. The Balaban J connectivity index is 1.97. The van der Waals surface area contributed by atoms with Crippen LogP contribution in [0.2, 0.25) is 0 Å². The minimum absolute atomic E-state index is 0.174. The zero-order chi connectivity index (χ0) is 14.5. The molecule has 1 aromatic heterocycles. The number of hydrogen-bond acceptors (Lipinski definition) is 5. The Labute approximate surface area is 113 Å². The van der Waals surface area contributed by atoms with Crippen molar-refractivity contribution in [2.45, 2.75) is 19.3 Å². The number of carbonyl (C=O) groups is 3. The van der Waals surface area contributed by atoms with Crippen LogP contribution in [0.15, 0.2) is 23.4 Å². The zero-order valence-corrected chi connectivity index (χ0v) is 10.4. The Morgan fingerprint density at radius 3 is 2.70 bits per heavy atom. The smallest absolute Gasteiger partial charge is 0.309 e. The van der Waals surface area contributed by atoms with Crippen molar-refractivity contribution >= 4 is 29.2 Å². The predicted octanol–water partition coefficient (Wildman–Crippen LogP) is -0.0868. The van der Waals surface area contributed by atoms with Gasteiger partial charge in [-0.15, -0.1) is 0 Å². The van der Waals surface area contributed by atoms with E-state index in [-0.39, 0.29) is 30.9 Å². The maximum atomic E-state index is 11.8. The molecule has 1 aliphatic rings. The average Bonchev–Trinajstić information content (AvgIpc) is 2.41. The van der Waals surface area contributed by atoms with Gasteiger partial charge in [0.1, 0.15) is 5.71 Å². The first kappa shape index (κ1) is 13.7. The van der Waals surface area contributed by atoms with Crippen molar-refractivity contribution in [2.24, 2.45) is 5.10 Å². The quantitative estimate of drug-likeness (QED) is 0.709. The van der Waals surface area contributed by atoms with Crippen LogP contribution in [0.1, 0.15) is 18.5 Å². The number of aliphatic carboxylic acids is 1. The minimum Gasteiger partial charge on any atom is -0.481 e. The summed E-state index contributed by atoms with van der Waals surface area (Å²) in [5, 5.41) is 14.9. The number of carboxylic acid groups (broad SMARTS) is 1. The second-order valence-corrected chi connectivity index (χ2v) is 4.16. The van der Waals surface area contributed by atoms with E-state index in [4.69, 9.17) is 5.11 Å². The average molecular weight is 276 g/mol. The number of carboxylic acids is 1. The van der Waals surface area contributed by atoms with Crippen molar-refractivity contribution in [3.63, 3.8) is 0 Å². The van der Waals surface area contributed by atoms with Gasteiger partial charge in [-0.2, -0.15) is 5.10 Å². The molecule has 0 saturated heterocycles. The molecule has 0 aromatic carbocycles. The molecule has 3 N–H and O–H groups in total. The van der Waals surface area contributed by atoms with E-state index in [1.165, 1.54) is 12.3 Å². The fourth-order valence-electron chi connectivity index (χ4n) is 1.60. The van der Waals surface area contributed by atoms with E-state index in [0.717, 1.165) is 0 Å². The molecule has 1 aromatic rings. The summed E-state index contributed by atoms with van der Waals surface area (Å²) in [4.78, 5) is 37.2. The van der Waals surface area contributed by atoms with Crippen LogP contribution < -0.4 is 10.7 Å². The van der Waals surface area contributed by atoms with Crippen molar-refractivity contribution in [1.82, 2.24) is 10.4 Å². The summed E-state index contributed by atoms with van der Waals surface area (Å²) < 4.78 is 0. The van der Waals surface area contributed by atoms with E-state index in [2.05, 4.69) is 20.8 Å². The molecule has 8 nitrogen and oxygen atoms in total. The first-order valence-electron chi connectivity index (χ1n) is 5.88. The molecule has 2 heterocycles. The second-order valence-electron chi connectivity index (χ2n) is 4.16. The van der Waals surface area contributed by atoms with Gasteiger partial charge in [-0.25, -0.2) is 5.43 Å². The summed E-state index contributed by atoms with van der Waals surface area (Å²) in [6.45, 7) is 0. The lowest BCUT2D eigenvalue weighted by molar-refractivity contribution is -0.136. The Kier molecular flexibility index (Phi) is 4.04. The normalized spacial score (nSPS) is 14.2. The molecule has 0 saturated carbocycles. The van der Waals surface area contributed by atoms with E-state index in [1.54, 1.807) is 6.07 Å². The molecule has 0 spiro atoms. The molecule has 20 heavy (non-hydrogen) atoms. The van der Waals surface area contributed by atoms with Crippen LogP contribution in [0.25, 0.3) is 0 Å². The van der Waals surface area contributed by atoms with Crippen LogP contribution in [-0.2, 0) is 20.8 Å². The van der Waals surface area contributed by atoms with Gasteiger partial charge in [-0.1, -0.05) is 0 Å². The van der Waals surface area contributed by atoms with Crippen LogP contribution in [-0.4, -0.2) is 33.6 Å². The highest BCUT2D eigenvalue weighted by atomic mass is 16.4. The summed E-state index contributed by atoms with van der Waals surface area (Å²) in [5.41, 5.74) is 3.31. The molecule has 0 atom stereocenters. The largest absolute Gasteiger partial charge is 0.481 e. The number of carbonyl (C=O) groups excluding carboxylic acids is 2. The minimum atomic E-state index is -0.971. The number of hydrogen-bond donors (Lipinski definition) is 3. The maximum Gasteiger partial charge on any atom is 0.309 e. The molecule has 0 radical (unpaired) electrons. The SMILES string of the molecule is O=C(O)Cc1ccc(NC(=O)C2=NNC(=O)CC2)cn1. The van der Waals surface area contributed by atoms with Crippen LogP contribution in [0.5, 0.6) is 0 Å². The van der Waals surface area contributed by atoms with Crippen molar-refractivity contribution in [3.8, 4) is 0 Å². The van der Waals surface area contributed by atoms with Crippen LogP contribution in [0, 0.1) is 0 Å². The summed E-state index contributed by atoms with van der Waals surface area (Å²) in [5.74, 6) is -1.61. The number of nitrogens with one attached hydrogen (secondary N) is 2. The number of pyridine rings is 1. The lowest BCUT2D eigenvalue weighted by Crippen LogP contribution is -2.32. The number of hydrazone groups is 1. The second kappa shape index (κ2) is 5.91. The topological polar surface area (TPSA) is 121 Å². The zero-order valence-electron chi connectivity index (χ0n) is 10.4. The third kappa shape index (κ3) is 3.61. The van der Waals surface area contributed by atoms with Crippen molar-refractivity contribution in [2.75, 3.05) is 5.32 Å². The number of rotatable bonds is 4. The van der Waals surface area contributed by atoms with Gasteiger partial charge in [-0.3, -0.25) is 19.4 Å². The van der Waals surface area contributed by atoms with Gasteiger partial charge in [0, 0.05) is 12.8 Å². The first-order chi connectivity index (χ1) is 9.54. The summed E-state index contributed by atoms with van der Waals surface area (Å²) in [6, 6.07) is 3.08. The van der Waals surface area contributed by atoms with Gasteiger partial charge < -0.3 is 10.4 Å². The molecule has 0 aliphatic carbocycles. The summed E-state index contributed by atoms with van der Waals surface area (Å²) in [6.07, 6.45) is 1.70. The molecule has 104 valence electrons. The fourth-order valence-corrected chi connectivity index (χ4v) is 1.60. The Morgan fingerprint density at radius 2 is 2.15 bits per heavy atom. The molecule has 8 heteroatoms. The van der Waals surface area contributed by atoms with E-state index >= 15 is 0 Å². The number of amides is 2. The molecule has 0 bridgehead atoms. The monoisotopic (exact) mass is 276 g/mol. The highest BCUT2D eigenvalue weighted by Crippen LogP contribution is 2.08. The lowest BCUT2D eigenvalue weighted by Gasteiger charge is -2.11. The summed E-state index contributed by atoms with van der Waals surface area (Å²) in [7, 11) is 0. The van der Waals surface area contributed by atoms with E-state index < -0.39 is 11.9 Å². The number of nitrogens with zero attached hydrogens (tertiary/aromatic N) is 2. The molecular weight excluding hydrogens is 264 g/mol. The van der Waals surface area contributed by atoms with Gasteiger partial charge in [0.2, 0.25) is 5.91 Å². The molecule has 1 aliphatic heterocycles. The van der Waals surface area contributed by atoms with E-state index in [9.17, 15) is 14.4 Å². The highest BCUT2D eigenvalue weighted by molar-refractivity contribution is 6.43. The predicted molar refractivity (Wildman–Crippen MR) is 69.0 cm³/mol. The molecule has 2 amide bonds. The van der Waals surface area contributed by atoms with Crippen molar-refractivity contribution < 1.29 is 19.5 Å². The molecule has 2 rings (SSSR count). The van der Waals surface area contributed by atoms with Gasteiger partial charge in [0.25, 0.3) is 5.91 Å². The van der Waals surface area contributed by atoms with Crippen LogP contribution in [0.4, 0.5) is 5.69 Å². The van der Waals surface area contributed by atoms with Gasteiger partial charge >= 0.3 is 5.97 Å². The molecular formula is C12H12N4O4. The fraction of sp³-hybridized carbons (Fsp3) is 0.250. The van der Waals surface area contributed by atoms with E-state index in [1.807, 2.05) is 0 Å². The van der Waals surface area contributed by atoms with Gasteiger partial charge in [-0.05, 0) is 12.1 Å². The van der Waals surface area contributed by atoms with Crippen molar-refractivity contribution in [1.29, 1.82) is 0 Å². The first-order valence-corrected chi connectivity index (χ1v) is 5.88. The third-order valence-electron chi connectivity index (χ3n) is 2.58. The van der Waals surface area contributed by atoms with Gasteiger partial charge in [0.15, 0.2) is 0 Å². The lowest BCUT2D eigenvalue weighted by atomic mass is 10.1. The standard InChI is InChI=1S/C12H12N4O4/c17-10-4-3-9(15-16-10)12(20)14-8-2-1-7(13-6-8)5-11(18)19/h1-2,6H,3-5H2,(H,14,20)(H,16,17)(H,18,19). The Morgan fingerprint density at radius 1 is 1.35 bits per heavy atom. The van der Waals surface area contributed by atoms with E-state index in [0.29, 0.717) is 11.4 Å². The maximum absolute atomic E-state index is 11.8. The molecule has 0 fully saturated rings. The van der Waals surface area contributed by atoms with Crippen LogP contribution in [0.3, 0.4) is 0 Å². The molecule has 0 unspecified atom stereocenters. The van der Waals surface area contributed by atoms with Crippen molar-refractivity contribution in [3.05, 3.63) is 24.0 Å². The van der Waals surface area contributed by atoms with Crippen LogP contribution >= 0.6 is 0 Å². The highest BCUT2D eigenvalue weighted by Gasteiger charge is 2.18. The van der Waals surface area contributed by atoms with Gasteiger partial charge in [0.05, 0.1) is 24.0 Å².